The first kappa shape index (κ1) is 17.3. The highest BCUT2D eigenvalue weighted by Gasteiger charge is 2.23. The average molecular weight is 349 g/mol. The van der Waals surface area contributed by atoms with Crippen molar-refractivity contribution in [3.63, 3.8) is 0 Å². The predicted octanol–water partition coefficient (Wildman–Crippen LogP) is 4.36. The molecule has 26 heavy (non-hydrogen) atoms. The van der Waals surface area contributed by atoms with E-state index in [0.29, 0.717) is 6.54 Å². The maximum Gasteiger partial charge on any atom is 0.353 e. The lowest BCUT2D eigenvalue weighted by molar-refractivity contribution is -0.383. The Hall–Kier alpha value is -3.48. The Bertz CT molecular complexity index is 908. The standard InChI is InChI=1S/C19H19N5O2/c1-13-3-7-15(8-4-13)11-20-18-17(24(25)26)19(22-12-21-18)23-16-9-5-14(2)6-10-16/h3-10,12H,11H2,1-2H3,(H2,20,21,22,23). The first-order valence-corrected chi connectivity index (χ1v) is 8.15. The van der Waals surface area contributed by atoms with Crippen LogP contribution in [0.4, 0.5) is 23.0 Å². The Labute approximate surface area is 151 Å². The molecule has 0 aliphatic carbocycles. The Morgan fingerprint density at radius 3 is 2.12 bits per heavy atom. The Morgan fingerprint density at radius 2 is 1.50 bits per heavy atom. The van der Waals surface area contributed by atoms with Crippen LogP contribution in [0.2, 0.25) is 0 Å². The van der Waals surface area contributed by atoms with Crippen LogP contribution in [0.1, 0.15) is 16.7 Å². The maximum absolute atomic E-state index is 11.6. The molecule has 0 spiro atoms. The van der Waals surface area contributed by atoms with Crippen molar-refractivity contribution in [2.24, 2.45) is 0 Å². The van der Waals surface area contributed by atoms with E-state index in [1.807, 2.05) is 62.4 Å². The fourth-order valence-corrected chi connectivity index (χ4v) is 2.44. The largest absolute Gasteiger partial charge is 0.360 e. The van der Waals surface area contributed by atoms with Gasteiger partial charge in [0, 0.05) is 12.2 Å². The van der Waals surface area contributed by atoms with E-state index in [1.165, 1.54) is 6.33 Å². The number of anilines is 3. The minimum absolute atomic E-state index is 0.153. The number of benzene rings is 2. The van der Waals surface area contributed by atoms with Gasteiger partial charge in [-0.25, -0.2) is 9.97 Å². The summed E-state index contributed by atoms with van der Waals surface area (Å²) in [6.07, 6.45) is 1.31. The van der Waals surface area contributed by atoms with E-state index < -0.39 is 4.92 Å². The number of hydrogen-bond donors (Lipinski definition) is 2. The monoisotopic (exact) mass is 349 g/mol. The molecular weight excluding hydrogens is 330 g/mol. The molecule has 0 atom stereocenters. The van der Waals surface area contributed by atoms with E-state index in [0.717, 1.165) is 22.4 Å². The van der Waals surface area contributed by atoms with Gasteiger partial charge in [-0.2, -0.15) is 0 Å². The van der Waals surface area contributed by atoms with Gasteiger partial charge in [0.2, 0.25) is 11.6 Å². The zero-order valence-corrected chi connectivity index (χ0v) is 14.6. The van der Waals surface area contributed by atoms with Crippen LogP contribution in [0, 0.1) is 24.0 Å². The topological polar surface area (TPSA) is 93.0 Å². The predicted molar refractivity (Wildman–Crippen MR) is 102 cm³/mol. The molecule has 0 aliphatic heterocycles. The number of aromatic nitrogens is 2. The summed E-state index contributed by atoms with van der Waals surface area (Å²) in [6.45, 7) is 4.42. The minimum atomic E-state index is -0.478. The molecule has 3 rings (SSSR count). The molecule has 0 aliphatic rings. The molecule has 2 aromatic carbocycles. The summed E-state index contributed by atoms with van der Waals surface area (Å²) in [7, 11) is 0. The van der Waals surface area contributed by atoms with Gasteiger partial charge in [-0.05, 0) is 31.5 Å². The Kier molecular flexibility index (Phi) is 5.07. The lowest BCUT2D eigenvalue weighted by atomic mass is 10.1. The zero-order chi connectivity index (χ0) is 18.5. The molecule has 0 fully saturated rings. The van der Waals surface area contributed by atoms with Gasteiger partial charge in [0.05, 0.1) is 4.92 Å². The summed E-state index contributed by atoms with van der Waals surface area (Å²) in [6, 6.07) is 15.5. The van der Waals surface area contributed by atoms with Crippen LogP contribution in [0.3, 0.4) is 0 Å². The molecule has 7 nitrogen and oxygen atoms in total. The first-order chi connectivity index (χ1) is 12.5. The third-order valence-corrected chi connectivity index (χ3v) is 3.90. The van der Waals surface area contributed by atoms with Crippen molar-refractivity contribution in [1.29, 1.82) is 0 Å². The number of rotatable bonds is 6. The van der Waals surface area contributed by atoms with Gasteiger partial charge in [0.25, 0.3) is 0 Å². The molecule has 132 valence electrons. The minimum Gasteiger partial charge on any atom is -0.360 e. The van der Waals surface area contributed by atoms with Crippen molar-refractivity contribution in [2.45, 2.75) is 20.4 Å². The molecule has 1 heterocycles. The van der Waals surface area contributed by atoms with Crippen molar-refractivity contribution in [1.82, 2.24) is 9.97 Å². The second kappa shape index (κ2) is 7.60. The third kappa shape index (κ3) is 4.13. The van der Waals surface area contributed by atoms with Crippen molar-refractivity contribution in [3.8, 4) is 0 Å². The van der Waals surface area contributed by atoms with Gasteiger partial charge in [-0.15, -0.1) is 0 Å². The lowest BCUT2D eigenvalue weighted by Gasteiger charge is -2.10. The van der Waals surface area contributed by atoms with E-state index in [2.05, 4.69) is 20.6 Å². The number of aryl methyl sites for hydroxylation is 2. The van der Waals surface area contributed by atoms with Gasteiger partial charge >= 0.3 is 5.69 Å². The molecule has 0 bridgehead atoms. The Morgan fingerprint density at radius 1 is 0.923 bits per heavy atom. The van der Waals surface area contributed by atoms with Crippen LogP contribution >= 0.6 is 0 Å². The Balaban J connectivity index is 1.84. The third-order valence-electron chi connectivity index (χ3n) is 3.90. The van der Waals surface area contributed by atoms with Gasteiger partial charge in [0.15, 0.2) is 0 Å². The van der Waals surface area contributed by atoms with Crippen LogP contribution < -0.4 is 10.6 Å². The summed E-state index contributed by atoms with van der Waals surface area (Å²) >= 11 is 0. The van der Waals surface area contributed by atoms with Crippen LogP contribution in [0.15, 0.2) is 54.9 Å². The molecule has 0 saturated heterocycles. The SMILES string of the molecule is Cc1ccc(CNc2ncnc(Nc3ccc(C)cc3)c2[N+](=O)[O-])cc1. The van der Waals surface area contributed by atoms with Gasteiger partial charge in [0.1, 0.15) is 6.33 Å². The number of nitrogens with one attached hydrogen (secondary N) is 2. The molecule has 0 unspecified atom stereocenters. The van der Waals surface area contributed by atoms with Gasteiger partial charge < -0.3 is 10.6 Å². The fraction of sp³-hybridized carbons (Fsp3) is 0.158. The second-order valence-corrected chi connectivity index (χ2v) is 6.01. The maximum atomic E-state index is 11.6. The first-order valence-electron chi connectivity index (χ1n) is 8.15. The van der Waals surface area contributed by atoms with Crippen molar-refractivity contribution in [3.05, 3.63) is 81.7 Å². The molecule has 2 N–H and O–H groups in total. The van der Waals surface area contributed by atoms with Crippen LogP contribution in [0.5, 0.6) is 0 Å². The molecule has 0 saturated carbocycles. The van der Waals surface area contributed by atoms with E-state index >= 15 is 0 Å². The molecule has 7 heteroatoms. The second-order valence-electron chi connectivity index (χ2n) is 6.01. The molecule has 1 aromatic heterocycles. The van der Waals surface area contributed by atoms with E-state index in [4.69, 9.17) is 0 Å². The van der Waals surface area contributed by atoms with Crippen molar-refractivity contribution in [2.75, 3.05) is 10.6 Å². The van der Waals surface area contributed by atoms with Crippen LogP contribution in [0.25, 0.3) is 0 Å². The number of nitrogens with zero attached hydrogens (tertiary/aromatic N) is 3. The normalized spacial score (nSPS) is 10.4. The summed E-state index contributed by atoms with van der Waals surface area (Å²) in [5.74, 6) is 0.334. The number of nitro groups is 1. The lowest BCUT2D eigenvalue weighted by Crippen LogP contribution is -2.08. The highest BCUT2D eigenvalue weighted by molar-refractivity contribution is 5.73. The number of hydrogen-bond acceptors (Lipinski definition) is 6. The summed E-state index contributed by atoms with van der Waals surface area (Å²) in [5, 5.41) is 17.6. The summed E-state index contributed by atoms with van der Waals surface area (Å²) < 4.78 is 0. The summed E-state index contributed by atoms with van der Waals surface area (Å²) in [4.78, 5) is 19.2. The molecule has 0 radical (unpaired) electrons. The van der Waals surface area contributed by atoms with E-state index in [1.54, 1.807) is 0 Å². The quantitative estimate of drug-likeness (QED) is 0.507. The molecule has 0 amide bonds. The molecule has 3 aromatic rings. The average Bonchev–Trinajstić information content (AvgIpc) is 2.63. The van der Waals surface area contributed by atoms with Crippen LogP contribution in [-0.4, -0.2) is 14.9 Å². The van der Waals surface area contributed by atoms with Gasteiger partial charge in [-0.3, -0.25) is 10.1 Å². The van der Waals surface area contributed by atoms with Crippen molar-refractivity contribution >= 4 is 23.0 Å². The zero-order valence-electron chi connectivity index (χ0n) is 14.6. The molecular formula is C19H19N5O2. The summed E-state index contributed by atoms with van der Waals surface area (Å²) in [5.41, 5.74) is 3.82. The van der Waals surface area contributed by atoms with Crippen molar-refractivity contribution < 1.29 is 4.92 Å². The fourth-order valence-electron chi connectivity index (χ4n) is 2.44. The van der Waals surface area contributed by atoms with E-state index in [-0.39, 0.29) is 17.3 Å². The van der Waals surface area contributed by atoms with Crippen LogP contribution in [-0.2, 0) is 6.54 Å². The highest BCUT2D eigenvalue weighted by Crippen LogP contribution is 2.31. The van der Waals surface area contributed by atoms with Gasteiger partial charge in [-0.1, -0.05) is 47.5 Å². The highest BCUT2D eigenvalue weighted by atomic mass is 16.6. The van der Waals surface area contributed by atoms with E-state index in [9.17, 15) is 10.1 Å². The smallest absolute Gasteiger partial charge is 0.353 e.